The van der Waals surface area contributed by atoms with Gasteiger partial charge in [0.1, 0.15) is 5.82 Å². The third-order valence-corrected chi connectivity index (χ3v) is 4.95. The van der Waals surface area contributed by atoms with Crippen LogP contribution in [-0.2, 0) is 18.8 Å². The molecule has 0 aromatic heterocycles. The molecular formula is C24H16F7NO2. The second-order valence-corrected chi connectivity index (χ2v) is 7.37. The Hall–Kier alpha value is -3.69. The summed E-state index contributed by atoms with van der Waals surface area (Å²) in [4.78, 5) is 25.6. The Morgan fingerprint density at radius 3 is 1.59 bits per heavy atom. The predicted octanol–water partition coefficient (Wildman–Crippen LogP) is 6.09. The van der Waals surface area contributed by atoms with Crippen molar-refractivity contribution < 1.29 is 40.3 Å². The van der Waals surface area contributed by atoms with Gasteiger partial charge < -0.3 is 5.32 Å². The SMILES string of the molecule is O=C(NC(Cc1ccc(C(F)(F)F)cc1)C(=O)c1ccc(F)cc1)c1ccc(C(F)(F)F)cc1. The van der Waals surface area contributed by atoms with Crippen LogP contribution in [0.15, 0.2) is 72.8 Å². The smallest absolute Gasteiger partial charge is 0.342 e. The molecule has 0 bridgehead atoms. The number of alkyl halides is 6. The molecule has 0 saturated heterocycles. The molecule has 3 nitrogen and oxygen atoms in total. The molecule has 1 unspecified atom stereocenters. The number of halogens is 7. The van der Waals surface area contributed by atoms with Crippen molar-refractivity contribution in [3.8, 4) is 0 Å². The van der Waals surface area contributed by atoms with Crippen LogP contribution < -0.4 is 5.32 Å². The highest BCUT2D eigenvalue weighted by atomic mass is 19.4. The quantitative estimate of drug-likeness (QED) is 0.341. The summed E-state index contributed by atoms with van der Waals surface area (Å²) in [7, 11) is 0. The molecule has 0 aliphatic heterocycles. The van der Waals surface area contributed by atoms with E-state index in [2.05, 4.69) is 5.32 Å². The Kier molecular flexibility index (Phi) is 7.09. The van der Waals surface area contributed by atoms with Gasteiger partial charge in [-0.25, -0.2) is 4.39 Å². The molecule has 34 heavy (non-hydrogen) atoms. The second kappa shape index (κ2) is 9.66. The third kappa shape index (κ3) is 6.21. The number of carbonyl (C=O) groups is 2. The van der Waals surface area contributed by atoms with E-state index in [0.29, 0.717) is 17.7 Å². The molecule has 3 rings (SSSR count). The molecule has 0 fully saturated rings. The number of benzene rings is 3. The number of ketones is 1. The minimum Gasteiger partial charge on any atom is -0.342 e. The number of hydrogen-bond donors (Lipinski definition) is 1. The molecule has 10 heteroatoms. The van der Waals surface area contributed by atoms with E-state index in [4.69, 9.17) is 0 Å². The number of hydrogen-bond acceptors (Lipinski definition) is 2. The molecule has 0 saturated carbocycles. The van der Waals surface area contributed by atoms with Crippen LogP contribution in [0.1, 0.15) is 37.4 Å². The molecule has 0 spiro atoms. The predicted molar refractivity (Wildman–Crippen MR) is 109 cm³/mol. The summed E-state index contributed by atoms with van der Waals surface area (Å²) in [5.41, 5.74) is -1.69. The van der Waals surface area contributed by atoms with Crippen LogP contribution in [0, 0.1) is 5.82 Å². The maximum atomic E-state index is 13.2. The van der Waals surface area contributed by atoms with E-state index in [1.807, 2.05) is 0 Å². The van der Waals surface area contributed by atoms with Crippen molar-refractivity contribution in [2.45, 2.75) is 24.8 Å². The largest absolute Gasteiger partial charge is 0.416 e. The Morgan fingerprint density at radius 2 is 1.12 bits per heavy atom. The van der Waals surface area contributed by atoms with Gasteiger partial charge in [-0.15, -0.1) is 0 Å². The fourth-order valence-corrected chi connectivity index (χ4v) is 3.14. The van der Waals surface area contributed by atoms with Crippen molar-refractivity contribution in [1.29, 1.82) is 0 Å². The van der Waals surface area contributed by atoms with Crippen molar-refractivity contribution in [2.24, 2.45) is 0 Å². The van der Waals surface area contributed by atoms with Gasteiger partial charge in [-0.3, -0.25) is 9.59 Å². The fourth-order valence-electron chi connectivity index (χ4n) is 3.14. The van der Waals surface area contributed by atoms with E-state index in [0.717, 1.165) is 48.5 Å². The summed E-state index contributed by atoms with van der Waals surface area (Å²) in [5.74, 6) is -2.12. The van der Waals surface area contributed by atoms with Crippen LogP contribution in [0.5, 0.6) is 0 Å². The molecule has 1 N–H and O–H groups in total. The Bertz CT molecular complexity index is 1150. The zero-order chi connectivity index (χ0) is 25.1. The average Bonchev–Trinajstić information content (AvgIpc) is 2.78. The Morgan fingerprint density at radius 1 is 0.676 bits per heavy atom. The highest BCUT2D eigenvalue weighted by Crippen LogP contribution is 2.30. The lowest BCUT2D eigenvalue weighted by Crippen LogP contribution is -2.42. The minimum absolute atomic E-state index is 0.0334. The van der Waals surface area contributed by atoms with Crippen molar-refractivity contribution in [2.75, 3.05) is 0 Å². The van der Waals surface area contributed by atoms with Gasteiger partial charge in [0.15, 0.2) is 5.78 Å². The highest BCUT2D eigenvalue weighted by Gasteiger charge is 2.31. The first-order valence-electron chi connectivity index (χ1n) is 9.78. The molecule has 1 amide bonds. The van der Waals surface area contributed by atoms with Crippen molar-refractivity contribution in [3.63, 3.8) is 0 Å². The average molecular weight is 483 g/mol. The molecule has 1 atom stereocenters. The van der Waals surface area contributed by atoms with Gasteiger partial charge >= 0.3 is 12.4 Å². The molecule has 178 valence electrons. The summed E-state index contributed by atoms with van der Waals surface area (Å²) < 4.78 is 89.9. The molecule has 0 radical (unpaired) electrons. The molecule has 0 heterocycles. The zero-order valence-electron chi connectivity index (χ0n) is 17.2. The lowest BCUT2D eigenvalue weighted by atomic mass is 9.96. The topological polar surface area (TPSA) is 46.2 Å². The number of rotatable bonds is 6. The number of nitrogens with one attached hydrogen (secondary N) is 1. The molecular weight excluding hydrogens is 467 g/mol. The number of carbonyl (C=O) groups excluding carboxylic acids is 2. The maximum absolute atomic E-state index is 13.2. The maximum Gasteiger partial charge on any atom is 0.416 e. The van der Waals surface area contributed by atoms with Gasteiger partial charge in [-0.1, -0.05) is 12.1 Å². The van der Waals surface area contributed by atoms with E-state index in [9.17, 15) is 40.3 Å². The van der Waals surface area contributed by atoms with Crippen LogP contribution in [0.3, 0.4) is 0 Å². The standard InChI is InChI=1S/C24H16F7NO2/c25-19-11-5-15(6-12-19)21(33)20(13-14-1-7-17(8-2-14)23(26,27)28)32-22(34)16-3-9-18(10-4-16)24(29,30)31/h1-12,20H,13H2,(H,32,34). The van der Waals surface area contributed by atoms with Crippen molar-refractivity contribution in [3.05, 3.63) is 106 Å². The first-order chi connectivity index (χ1) is 15.8. The Labute approximate surface area is 189 Å². The molecule has 3 aromatic rings. The number of Topliss-reactive ketones (excluding diaryl/α,β-unsaturated/α-hetero) is 1. The number of amides is 1. The molecule has 0 aliphatic carbocycles. The fraction of sp³-hybridized carbons (Fsp3) is 0.167. The van der Waals surface area contributed by atoms with Crippen LogP contribution in [0.2, 0.25) is 0 Å². The van der Waals surface area contributed by atoms with Crippen LogP contribution in [0.25, 0.3) is 0 Å². The summed E-state index contributed by atoms with van der Waals surface area (Å²) in [6, 6.07) is 10.4. The van der Waals surface area contributed by atoms with Crippen molar-refractivity contribution in [1.82, 2.24) is 5.32 Å². The van der Waals surface area contributed by atoms with E-state index < -0.39 is 47.0 Å². The summed E-state index contributed by atoms with van der Waals surface area (Å²) >= 11 is 0. The summed E-state index contributed by atoms with van der Waals surface area (Å²) in [6.07, 6.45) is -9.36. The first kappa shape index (κ1) is 24.9. The van der Waals surface area contributed by atoms with Gasteiger partial charge in [-0.2, -0.15) is 26.3 Å². The van der Waals surface area contributed by atoms with Gasteiger partial charge in [0.05, 0.1) is 17.2 Å². The van der Waals surface area contributed by atoms with Crippen LogP contribution in [-0.4, -0.2) is 17.7 Å². The van der Waals surface area contributed by atoms with Crippen molar-refractivity contribution >= 4 is 11.7 Å². The van der Waals surface area contributed by atoms with Gasteiger partial charge in [-0.05, 0) is 66.2 Å². The van der Waals surface area contributed by atoms with E-state index in [1.54, 1.807) is 0 Å². The van der Waals surface area contributed by atoms with Crippen LogP contribution >= 0.6 is 0 Å². The summed E-state index contributed by atoms with van der Waals surface area (Å²) in [5, 5.41) is 2.41. The monoisotopic (exact) mass is 483 g/mol. The van der Waals surface area contributed by atoms with E-state index in [-0.39, 0.29) is 17.5 Å². The van der Waals surface area contributed by atoms with E-state index in [1.165, 1.54) is 12.1 Å². The first-order valence-corrected chi connectivity index (χ1v) is 9.78. The van der Waals surface area contributed by atoms with E-state index >= 15 is 0 Å². The lowest BCUT2D eigenvalue weighted by molar-refractivity contribution is -0.138. The van der Waals surface area contributed by atoms with Gasteiger partial charge in [0.2, 0.25) is 0 Å². The van der Waals surface area contributed by atoms with Gasteiger partial charge in [0.25, 0.3) is 5.91 Å². The van der Waals surface area contributed by atoms with Gasteiger partial charge in [0, 0.05) is 17.5 Å². The second-order valence-electron chi connectivity index (χ2n) is 7.37. The molecule has 3 aromatic carbocycles. The minimum atomic E-state index is -4.60. The van der Waals surface area contributed by atoms with Crippen LogP contribution in [0.4, 0.5) is 30.7 Å². The lowest BCUT2D eigenvalue weighted by Gasteiger charge is -2.19. The zero-order valence-corrected chi connectivity index (χ0v) is 17.2. The summed E-state index contributed by atoms with van der Waals surface area (Å²) in [6.45, 7) is 0. The highest BCUT2D eigenvalue weighted by molar-refractivity contribution is 6.04. The normalized spacial score (nSPS) is 12.8. The Balaban J connectivity index is 1.86. The molecule has 0 aliphatic rings. The third-order valence-electron chi connectivity index (χ3n) is 4.95.